The summed E-state index contributed by atoms with van der Waals surface area (Å²) >= 11 is 1.49. The predicted octanol–water partition coefficient (Wildman–Crippen LogP) is 4.71. The number of pyridine rings is 1. The van der Waals surface area contributed by atoms with Crippen LogP contribution in [0, 0.1) is 5.92 Å². The fourth-order valence-electron chi connectivity index (χ4n) is 3.25. The zero-order chi connectivity index (χ0) is 23.9. The lowest BCUT2D eigenvalue weighted by Crippen LogP contribution is -2.44. The number of hydrogen-bond donors (Lipinski definition) is 2. The number of ether oxygens (including phenoxy) is 1. The predicted molar refractivity (Wildman–Crippen MR) is 134 cm³/mol. The van der Waals surface area contributed by atoms with Gasteiger partial charge in [-0.3, -0.25) is 9.78 Å². The number of aromatic nitrogens is 3. The normalized spacial score (nSPS) is 12.0. The summed E-state index contributed by atoms with van der Waals surface area (Å²) in [5.74, 6) is 0.490. The minimum atomic E-state index is -0.777. The monoisotopic (exact) mass is 474 g/mol. The van der Waals surface area contributed by atoms with Crippen molar-refractivity contribution in [1.82, 2.24) is 20.3 Å². The molecular weight excluding hydrogens is 448 g/mol. The first-order valence-corrected chi connectivity index (χ1v) is 12.0. The molecule has 1 atom stereocenters. The Hall–Kier alpha value is -3.65. The van der Waals surface area contributed by atoms with Crippen LogP contribution in [0.15, 0.2) is 78.0 Å². The van der Waals surface area contributed by atoms with Gasteiger partial charge in [0.2, 0.25) is 0 Å². The van der Waals surface area contributed by atoms with Gasteiger partial charge in [-0.1, -0.05) is 32.0 Å². The molecule has 34 heavy (non-hydrogen) atoms. The summed E-state index contributed by atoms with van der Waals surface area (Å²) in [6.07, 6.45) is 3.40. The number of nitrogens with zero attached hydrogens (tertiary/aromatic N) is 2. The first-order valence-electron chi connectivity index (χ1n) is 11.0. The third kappa shape index (κ3) is 6.02. The van der Waals surface area contributed by atoms with E-state index >= 15 is 0 Å². The van der Waals surface area contributed by atoms with Gasteiger partial charge in [-0.25, -0.2) is 9.78 Å². The van der Waals surface area contributed by atoms with Crippen LogP contribution in [0.4, 0.5) is 0 Å². The Morgan fingerprint density at radius 3 is 2.56 bits per heavy atom. The van der Waals surface area contributed by atoms with Crippen molar-refractivity contribution in [2.45, 2.75) is 24.8 Å². The van der Waals surface area contributed by atoms with E-state index in [2.05, 4.69) is 20.3 Å². The molecule has 0 fully saturated rings. The van der Waals surface area contributed by atoms with E-state index in [1.165, 1.54) is 11.8 Å². The zero-order valence-corrected chi connectivity index (χ0v) is 19.8. The largest absolute Gasteiger partial charge is 0.464 e. The minimum absolute atomic E-state index is 0.208. The van der Waals surface area contributed by atoms with E-state index in [0.29, 0.717) is 23.7 Å². The molecule has 2 aromatic carbocycles. The summed E-state index contributed by atoms with van der Waals surface area (Å²) in [4.78, 5) is 38.7. The van der Waals surface area contributed by atoms with Crippen LogP contribution in [0.3, 0.4) is 0 Å². The summed E-state index contributed by atoms with van der Waals surface area (Å²) < 4.78 is 5.43. The zero-order valence-electron chi connectivity index (χ0n) is 19.0. The molecule has 2 aromatic heterocycles. The Labute approximate surface area is 202 Å². The third-order valence-corrected chi connectivity index (χ3v) is 6.11. The second-order valence-corrected chi connectivity index (χ2v) is 9.32. The second-order valence-electron chi connectivity index (χ2n) is 8.23. The van der Waals surface area contributed by atoms with Gasteiger partial charge in [-0.15, -0.1) is 11.8 Å². The fourth-order valence-corrected chi connectivity index (χ4v) is 4.18. The Morgan fingerprint density at radius 2 is 1.82 bits per heavy atom. The van der Waals surface area contributed by atoms with Crippen molar-refractivity contribution >= 4 is 34.7 Å². The molecule has 7 nitrogen and oxygen atoms in total. The quantitative estimate of drug-likeness (QED) is 0.269. The highest BCUT2D eigenvalue weighted by Crippen LogP contribution is 2.22. The molecule has 0 aliphatic carbocycles. The van der Waals surface area contributed by atoms with Gasteiger partial charge in [-0.2, -0.15) is 0 Å². The van der Waals surface area contributed by atoms with Gasteiger partial charge in [0.05, 0.1) is 17.6 Å². The smallest absolute Gasteiger partial charge is 0.329 e. The summed E-state index contributed by atoms with van der Waals surface area (Å²) in [5, 5.41) is 2.85. The third-order valence-electron chi connectivity index (χ3n) is 5.01. The highest BCUT2D eigenvalue weighted by Gasteiger charge is 2.24. The number of amides is 1. The number of fused-ring (bicyclic) bond motifs is 1. The average Bonchev–Trinajstić information content (AvgIpc) is 3.29. The summed E-state index contributed by atoms with van der Waals surface area (Å²) in [5.41, 5.74) is 2.82. The van der Waals surface area contributed by atoms with Gasteiger partial charge in [0.15, 0.2) is 0 Å². The molecule has 0 radical (unpaired) electrons. The SMILES string of the molecule is CC(C)COC(=O)[C@H](CSc1ccccc1)NC(=O)c1ccc2nc(-c3ccncc3)[nH]c2c1. The van der Waals surface area contributed by atoms with Crippen molar-refractivity contribution in [2.24, 2.45) is 5.92 Å². The molecular formula is C26H26N4O3S. The van der Waals surface area contributed by atoms with Crippen molar-refractivity contribution in [2.75, 3.05) is 12.4 Å². The molecule has 0 saturated carbocycles. The van der Waals surface area contributed by atoms with Gasteiger partial charge in [0, 0.05) is 34.2 Å². The molecule has 2 N–H and O–H groups in total. The van der Waals surface area contributed by atoms with E-state index < -0.39 is 12.0 Å². The van der Waals surface area contributed by atoms with Crippen LogP contribution in [0.2, 0.25) is 0 Å². The molecule has 8 heteroatoms. The van der Waals surface area contributed by atoms with Gasteiger partial charge in [0.1, 0.15) is 11.9 Å². The molecule has 174 valence electrons. The highest BCUT2D eigenvalue weighted by atomic mass is 32.2. The van der Waals surface area contributed by atoms with Crippen LogP contribution < -0.4 is 5.32 Å². The van der Waals surface area contributed by atoms with Crippen LogP contribution in [-0.4, -0.2) is 45.2 Å². The van der Waals surface area contributed by atoms with E-state index in [1.54, 1.807) is 30.6 Å². The van der Waals surface area contributed by atoms with E-state index in [-0.39, 0.29) is 11.8 Å². The number of rotatable bonds is 9. The molecule has 0 aliphatic heterocycles. The average molecular weight is 475 g/mol. The van der Waals surface area contributed by atoms with E-state index in [4.69, 9.17) is 4.74 Å². The number of nitrogens with one attached hydrogen (secondary N) is 2. The number of carbonyl (C=O) groups is 2. The van der Waals surface area contributed by atoms with E-state index in [9.17, 15) is 9.59 Å². The van der Waals surface area contributed by atoms with Gasteiger partial charge in [0.25, 0.3) is 5.91 Å². The number of benzene rings is 2. The lowest BCUT2D eigenvalue weighted by molar-refractivity contribution is -0.146. The maximum atomic E-state index is 13.1. The maximum Gasteiger partial charge on any atom is 0.329 e. The molecule has 2 heterocycles. The fraction of sp³-hybridized carbons (Fsp3) is 0.231. The first-order chi connectivity index (χ1) is 16.5. The number of carbonyl (C=O) groups excluding carboxylic acids is 2. The molecule has 1 amide bonds. The van der Waals surface area contributed by atoms with Crippen molar-refractivity contribution in [1.29, 1.82) is 0 Å². The Balaban J connectivity index is 1.50. The number of imidazole rings is 1. The highest BCUT2D eigenvalue weighted by molar-refractivity contribution is 7.99. The molecule has 0 spiro atoms. The van der Waals surface area contributed by atoms with Crippen molar-refractivity contribution in [3.8, 4) is 11.4 Å². The standard InChI is InChI=1S/C26H26N4O3S/c1-17(2)15-33-26(32)23(16-34-20-6-4-3-5-7-20)30-25(31)19-8-9-21-22(14-19)29-24(28-21)18-10-12-27-13-11-18/h3-14,17,23H,15-16H2,1-2H3,(H,28,29)(H,30,31)/t23-/m0/s1. The second kappa shape index (κ2) is 11.0. The van der Waals surface area contributed by atoms with Crippen LogP contribution in [0.5, 0.6) is 0 Å². The summed E-state index contributed by atoms with van der Waals surface area (Å²) in [6, 6.07) is 17.9. The Morgan fingerprint density at radius 1 is 1.06 bits per heavy atom. The van der Waals surface area contributed by atoms with Gasteiger partial charge >= 0.3 is 5.97 Å². The van der Waals surface area contributed by atoms with Crippen LogP contribution in [0.1, 0.15) is 24.2 Å². The molecule has 0 aliphatic rings. The summed E-state index contributed by atoms with van der Waals surface area (Å²) in [6.45, 7) is 4.25. The van der Waals surface area contributed by atoms with Crippen LogP contribution >= 0.6 is 11.8 Å². The lowest BCUT2D eigenvalue weighted by atomic mass is 10.1. The molecule has 0 saturated heterocycles. The first kappa shape index (κ1) is 23.5. The van der Waals surface area contributed by atoms with E-state index in [1.807, 2.05) is 56.3 Å². The molecule has 4 aromatic rings. The molecule has 0 unspecified atom stereocenters. The molecule has 0 bridgehead atoms. The maximum absolute atomic E-state index is 13.1. The van der Waals surface area contributed by atoms with Gasteiger partial charge in [-0.05, 0) is 48.4 Å². The number of aromatic amines is 1. The summed E-state index contributed by atoms with van der Waals surface area (Å²) in [7, 11) is 0. The van der Waals surface area contributed by atoms with Crippen LogP contribution in [0.25, 0.3) is 22.4 Å². The lowest BCUT2D eigenvalue weighted by Gasteiger charge is -2.18. The van der Waals surface area contributed by atoms with E-state index in [0.717, 1.165) is 21.5 Å². The van der Waals surface area contributed by atoms with Crippen LogP contribution in [-0.2, 0) is 9.53 Å². The Bertz CT molecular complexity index is 1260. The van der Waals surface area contributed by atoms with Crippen molar-refractivity contribution < 1.29 is 14.3 Å². The number of esters is 1. The number of thioether (sulfide) groups is 1. The Kier molecular flexibility index (Phi) is 7.59. The van der Waals surface area contributed by atoms with Gasteiger partial charge < -0.3 is 15.0 Å². The number of hydrogen-bond acceptors (Lipinski definition) is 6. The van der Waals surface area contributed by atoms with Crippen molar-refractivity contribution in [3.05, 3.63) is 78.6 Å². The number of H-pyrrole nitrogens is 1. The molecule has 4 rings (SSSR count). The minimum Gasteiger partial charge on any atom is -0.464 e. The topological polar surface area (TPSA) is 97.0 Å². The van der Waals surface area contributed by atoms with Crippen molar-refractivity contribution in [3.63, 3.8) is 0 Å².